The fourth-order valence-electron chi connectivity index (χ4n) is 10.9. The van der Waals surface area contributed by atoms with E-state index in [9.17, 15) is 0 Å². The number of hydrogen-bond donors (Lipinski definition) is 0. The van der Waals surface area contributed by atoms with E-state index >= 15 is 0 Å². The lowest BCUT2D eigenvalue weighted by Gasteiger charge is -2.38. The van der Waals surface area contributed by atoms with E-state index in [4.69, 9.17) is 0 Å². The number of anilines is 3. The molecule has 2 aliphatic rings. The molecule has 0 bridgehead atoms. The average Bonchev–Trinajstić information content (AvgIpc) is 3.80. The number of rotatable bonds is 5. The molecule has 0 atom stereocenters. The van der Waals surface area contributed by atoms with Crippen molar-refractivity contribution in [3.05, 3.63) is 241 Å². The SMILES string of the molecule is c1ccc(-c2ccc(N(c3cccc4ccccc34)c3cc4c5c6c(cccc36)C3(c6ccccc6-c6ccccc63)c3cccc(c35)n4-c3ccccc3)cc2)cc1. The third-order valence-electron chi connectivity index (χ3n) is 13.2. The molecule has 2 heteroatoms. The van der Waals surface area contributed by atoms with Crippen molar-refractivity contribution in [2.75, 3.05) is 4.90 Å². The molecule has 274 valence electrons. The van der Waals surface area contributed by atoms with Gasteiger partial charge < -0.3 is 9.47 Å². The highest BCUT2D eigenvalue weighted by atomic mass is 15.1. The Kier molecular flexibility index (Phi) is 6.68. The molecule has 11 aromatic rings. The minimum absolute atomic E-state index is 0.505. The van der Waals surface area contributed by atoms with Crippen molar-refractivity contribution in [2.24, 2.45) is 0 Å². The van der Waals surface area contributed by atoms with E-state index < -0.39 is 5.41 Å². The molecule has 10 aromatic carbocycles. The monoisotopic (exact) mass is 748 g/mol. The summed E-state index contributed by atoms with van der Waals surface area (Å²) in [5, 5.41) is 7.62. The first kappa shape index (κ1) is 32.4. The predicted octanol–water partition coefficient (Wildman–Crippen LogP) is 14.9. The lowest BCUT2D eigenvalue weighted by molar-refractivity contribution is 0.783. The molecule has 2 aliphatic carbocycles. The van der Waals surface area contributed by atoms with Crippen LogP contribution in [0.4, 0.5) is 17.1 Å². The molecule has 1 aromatic heterocycles. The van der Waals surface area contributed by atoms with Crippen LogP contribution in [0.25, 0.3) is 71.3 Å². The van der Waals surface area contributed by atoms with Crippen LogP contribution in [0.5, 0.6) is 0 Å². The van der Waals surface area contributed by atoms with Crippen LogP contribution in [0.2, 0.25) is 0 Å². The van der Waals surface area contributed by atoms with Crippen LogP contribution in [0, 0.1) is 0 Å². The third-order valence-corrected chi connectivity index (χ3v) is 13.2. The van der Waals surface area contributed by atoms with Gasteiger partial charge in [-0.25, -0.2) is 0 Å². The molecule has 1 spiro atoms. The van der Waals surface area contributed by atoms with Gasteiger partial charge in [0, 0.05) is 32.9 Å². The van der Waals surface area contributed by atoms with Crippen LogP contribution in [-0.2, 0) is 5.41 Å². The Bertz CT molecular complexity index is 3440. The Balaban J connectivity index is 1.21. The summed E-state index contributed by atoms with van der Waals surface area (Å²) in [7, 11) is 0. The second-order valence-electron chi connectivity index (χ2n) is 16.0. The van der Waals surface area contributed by atoms with Gasteiger partial charge in [0.15, 0.2) is 0 Å². The lowest BCUT2D eigenvalue weighted by atomic mass is 9.63. The van der Waals surface area contributed by atoms with Gasteiger partial charge in [-0.1, -0.05) is 176 Å². The summed E-state index contributed by atoms with van der Waals surface area (Å²) in [5.41, 5.74) is 16.9. The Labute approximate surface area is 342 Å². The van der Waals surface area contributed by atoms with Crippen molar-refractivity contribution in [1.29, 1.82) is 0 Å². The third kappa shape index (κ3) is 4.30. The molecular weight excluding hydrogens is 713 g/mol. The van der Waals surface area contributed by atoms with Crippen LogP contribution < -0.4 is 4.90 Å². The van der Waals surface area contributed by atoms with Crippen LogP contribution in [0.1, 0.15) is 22.3 Å². The summed E-state index contributed by atoms with van der Waals surface area (Å²) < 4.78 is 2.51. The molecule has 2 nitrogen and oxygen atoms in total. The molecule has 59 heavy (non-hydrogen) atoms. The maximum atomic E-state index is 2.52. The standard InChI is InChI=1S/C57H36N2/c1-3-16-37(17-4-1)38-32-34-41(35-33-38)58(50-30-13-19-39-18-7-8-22-42(39)50)52-36-53-56-54-45(52)25-14-28-48(54)57(46-26-11-9-23-43(46)44-24-10-12-27-47(44)57)49-29-15-31-51(55(49)56)59(53)40-20-5-2-6-21-40/h1-36H. The van der Waals surface area contributed by atoms with Gasteiger partial charge in [0.2, 0.25) is 0 Å². The van der Waals surface area contributed by atoms with E-state index in [1.54, 1.807) is 0 Å². The Morgan fingerprint density at radius 1 is 0.356 bits per heavy atom. The smallest absolute Gasteiger partial charge is 0.0726 e. The van der Waals surface area contributed by atoms with Crippen molar-refractivity contribution in [3.8, 4) is 27.9 Å². The minimum atomic E-state index is -0.505. The number of aromatic nitrogens is 1. The summed E-state index contributed by atoms with van der Waals surface area (Å²) in [6.07, 6.45) is 0. The van der Waals surface area contributed by atoms with Crippen LogP contribution in [-0.4, -0.2) is 4.57 Å². The molecule has 0 aliphatic heterocycles. The zero-order valence-corrected chi connectivity index (χ0v) is 32.2. The average molecular weight is 749 g/mol. The number of nitrogens with zero attached hydrogens (tertiary/aromatic N) is 2. The van der Waals surface area contributed by atoms with E-state index in [1.165, 1.54) is 87.9 Å². The molecule has 13 rings (SSSR count). The highest BCUT2D eigenvalue weighted by molar-refractivity contribution is 6.29. The molecule has 0 fully saturated rings. The zero-order valence-electron chi connectivity index (χ0n) is 32.2. The van der Waals surface area contributed by atoms with Gasteiger partial charge in [-0.2, -0.15) is 0 Å². The molecule has 0 saturated carbocycles. The first-order chi connectivity index (χ1) is 29.3. The summed E-state index contributed by atoms with van der Waals surface area (Å²) >= 11 is 0. The van der Waals surface area contributed by atoms with E-state index in [0.29, 0.717) is 0 Å². The molecule has 0 amide bonds. The van der Waals surface area contributed by atoms with E-state index in [0.717, 1.165) is 22.7 Å². The molecule has 0 N–H and O–H groups in total. The molecule has 0 unspecified atom stereocenters. The lowest BCUT2D eigenvalue weighted by Crippen LogP contribution is -2.30. The fourth-order valence-corrected chi connectivity index (χ4v) is 10.9. The fraction of sp³-hybridized carbons (Fsp3) is 0.0175. The number of fused-ring (bicyclic) bond motifs is 8. The molecule has 1 heterocycles. The maximum absolute atomic E-state index is 2.52. The summed E-state index contributed by atoms with van der Waals surface area (Å²) in [5.74, 6) is 0. The van der Waals surface area contributed by atoms with Crippen LogP contribution in [0.3, 0.4) is 0 Å². The second-order valence-corrected chi connectivity index (χ2v) is 16.0. The van der Waals surface area contributed by atoms with Gasteiger partial charge in [0.05, 0.1) is 27.8 Å². The Morgan fingerprint density at radius 3 is 1.68 bits per heavy atom. The van der Waals surface area contributed by atoms with Crippen LogP contribution >= 0.6 is 0 Å². The van der Waals surface area contributed by atoms with Gasteiger partial charge in [0.25, 0.3) is 0 Å². The quantitative estimate of drug-likeness (QED) is 0.170. The minimum Gasteiger partial charge on any atom is -0.309 e. The van der Waals surface area contributed by atoms with Crippen LogP contribution in [0.15, 0.2) is 218 Å². The summed E-state index contributed by atoms with van der Waals surface area (Å²) in [6.45, 7) is 0. The number of hydrogen-bond acceptors (Lipinski definition) is 1. The highest BCUT2D eigenvalue weighted by Crippen LogP contribution is 2.63. The maximum Gasteiger partial charge on any atom is 0.0726 e. The molecule has 0 radical (unpaired) electrons. The Morgan fingerprint density at radius 2 is 0.915 bits per heavy atom. The van der Waals surface area contributed by atoms with Gasteiger partial charge in [0.1, 0.15) is 0 Å². The first-order valence-electron chi connectivity index (χ1n) is 20.5. The summed E-state index contributed by atoms with van der Waals surface area (Å²) in [6, 6.07) is 81.0. The van der Waals surface area contributed by atoms with Crippen molar-refractivity contribution in [1.82, 2.24) is 4.57 Å². The van der Waals surface area contributed by atoms with Crippen molar-refractivity contribution in [3.63, 3.8) is 0 Å². The van der Waals surface area contributed by atoms with Gasteiger partial charge in [-0.3, -0.25) is 0 Å². The topological polar surface area (TPSA) is 8.17 Å². The normalized spacial score (nSPS) is 13.2. The van der Waals surface area contributed by atoms with E-state index in [-0.39, 0.29) is 0 Å². The number of benzene rings is 10. The second kappa shape index (κ2) is 12.2. The molecule has 0 saturated heterocycles. The van der Waals surface area contributed by atoms with Crippen molar-refractivity contribution >= 4 is 60.4 Å². The van der Waals surface area contributed by atoms with E-state index in [2.05, 4.69) is 228 Å². The molecular formula is C57H36N2. The van der Waals surface area contributed by atoms with Crippen molar-refractivity contribution in [2.45, 2.75) is 5.41 Å². The van der Waals surface area contributed by atoms with Crippen molar-refractivity contribution < 1.29 is 0 Å². The Hall–Kier alpha value is -7.68. The predicted molar refractivity (Wildman–Crippen MR) is 247 cm³/mol. The zero-order chi connectivity index (χ0) is 38.7. The van der Waals surface area contributed by atoms with Gasteiger partial charge >= 0.3 is 0 Å². The summed E-state index contributed by atoms with van der Waals surface area (Å²) in [4.78, 5) is 2.52. The van der Waals surface area contributed by atoms with E-state index in [1.807, 2.05) is 0 Å². The largest absolute Gasteiger partial charge is 0.309 e. The first-order valence-corrected chi connectivity index (χ1v) is 20.5. The van der Waals surface area contributed by atoms with Gasteiger partial charge in [-0.05, 0) is 97.7 Å². The highest BCUT2D eigenvalue weighted by Gasteiger charge is 2.50. The van der Waals surface area contributed by atoms with Gasteiger partial charge in [-0.15, -0.1) is 0 Å². The number of para-hydroxylation sites is 1.